The van der Waals surface area contributed by atoms with Gasteiger partial charge in [0, 0.05) is 22.9 Å². The minimum absolute atomic E-state index is 0.0250. The monoisotopic (exact) mass is 388 g/mol. The summed E-state index contributed by atoms with van der Waals surface area (Å²) in [5, 5.41) is 3.60. The normalized spacial score (nSPS) is 30.5. The Morgan fingerprint density at radius 2 is 1.68 bits per heavy atom. The standard InChI is InChI=1S/C23H20N2O2S/c26-22-19-16-12-28-11-10-14(16)18-15-8-4-5-9-17(15)24-21(18)20(19)23(27)25(22)13-6-2-1-3-7-13/h1-9,16,19-21,24H,10-12H2/t16-,19-,20-,21?/m1/s1. The molecule has 2 aromatic carbocycles. The van der Waals surface area contributed by atoms with E-state index >= 15 is 0 Å². The maximum atomic E-state index is 13.6. The van der Waals surface area contributed by atoms with Crippen molar-refractivity contribution >= 4 is 40.5 Å². The molecule has 1 N–H and O–H groups in total. The molecule has 1 unspecified atom stereocenters. The highest BCUT2D eigenvalue weighted by atomic mass is 32.2. The Balaban J connectivity index is 1.52. The van der Waals surface area contributed by atoms with E-state index in [2.05, 4.69) is 23.5 Å². The number of allylic oxidation sites excluding steroid dienone is 1. The van der Waals surface area contributed by atoms with Crippen molar-refractivity contribution in [2.75, 3.05) is 21.7 Å². The van der Waals surface area contributed by atoms with Crippen LogP contribution in [0, 0.1) is 17.8 Å². The van der Waals surface area contributed by atoms with Gasteiger partial charge >= 0.3 is 0 Å². The molecule has 0 bridgehead atoms. The van der Waals surface area contributed by atoms with Crippen LogP contribution in [0.5, 0.6) is 0 Å². The van der Waals surface area contributed by atoms with E-state index in [1.165, 1.54) is 21.6 Å². The van der Waals surface area contributed by atoms with Crippen molar-refractivity contribution in [3.63, 3.8) is 0 Å². The van der Waals surface area contributed by atoms with Gasteiger partial charge < -0.3 is 5.32 Å². The lowest BCUT2D eigenvalue weighted by Gasteiger charge is -2.40. The first-order valence-corrected chi connectivity index (χ1v) is 11.0. The number of nitrogens with one attached hydrogen (secondary N) is 1. The van der Waals surface area contributed by atoms with E-state index in [0.29, 0.717) is 5.69 Å². The lowest BCUT2D eigenvalue weighted by molar-refractivity contribution is -0.122. The molecule has 6 rings (SSSR count). The van der Waals surface area contributed by atoms with Crippen molar-refractivity contribution in [3.8, 4) is 0 Å². The van der Waals surface area contributed by atoms with E-state index in [9.17, 15) is 9.59 Å². The summed E-state index contributed by atoms with van der Waals surface area (Å²) in [7, 11) is 0. The fourth-order valence-corrected chi connectivity index (χ4v) is 6.74. The lowest BCUT2D eigenvalue weighted by atomic mass is 9.67. The fraction of sp³-hybridized carbons (Fsp3) is 0.304. The predicted molar refractivity (Wildman–Crippen MR) is 112 cm³/mol. The van der Waals surface area contributed by atoms with Gasteiger partial charge in [0.25, 0.3) is 0 Å². The third-order valence-electron chi connectivity index (χ3n) is 6.65. The molecule has 2 aromatic rings. The number of anilines is 2. The smallest absolute Gasteiger partial charge is 0.240 e. The van der Waals surface area contributed by atoms with Gasteiger partial charge in [0.1, 0.15) is 0 Å². The Bertz CT molecular complexity index is 1030. The van der Waals surface area contributed by atoms with Crippen LogP contribution in [-0.2, 0) is 9.59 Å². The van der Waals surface area contributed by atoms with Crippen LogP contribution in [0.15, 0.2) is 60.2 Å². The average molecular weight is 388 g/mol. The van der Waals surface area contributed by atoms with E-state index in [4.69, 9.17) is 0 Å². The average Bonchev–Trinajstić information content (AvgIpc) is 3.24. The highest BCUT2D eigenvalue weighted by Crippen LogP contribution is 2.55. The molecular weight excluding hydrogens is 368 g/mol. The molecule has 3 aliphatic heterocycles. The molecule has 4 nitrogen and oxygen atoms in total. The molecule has 0 saturated carbocycles. The number of nitrogens with zero attached hydrogens (tertiary/aromatic N) is 1. The van der Waals surface area contributed by atoms with Gasteiger partial charge in [0.15, 0.2) is 0 Å². The predicted octanol–water partition coefficient (Wildman–Crippen LogP) is 3.81. The number of fused-ring (bicyclic) bond motifs is 7. The molecule has 28 heavy (non-hydrogen) atoms. The van der Waals surface area contributed by atoms with Crippen molar-refractivity contribution < 1.29 is 9.59 Å². The van der Waals surface area contributed by atoms with Crippen molar-refractivity contribution in [1.29, 1.82) is 0 Å². The quantitative estimate of drug-likeness (QED) is 0.755. The highest BCUT2D eigenvalue weighted by molar-refractivity contribution is 7.99. The van der Waals surface area contributed by atoms with Crippen LogP contribution in [0.3, 0.4) is 0 Å². The van der Waals surface area contributed by atoms with Crippen molar-refractivity contribution in [3.05, 3.63) is 65.7 Å². The summed E-state index contributed by atoms with van der Waals surface area (Å²) in [6.07, 6.45) is 1.01. The summed E-state index contributed by atoms with van der Waals surface area (Å²) in [5.41, 5.74) is 5.69. The third-order valence-corrected chi connectivity index (χ3v) is 7.74. The summed E-state index contributed by atoms with van der Waals surface area (Å²) in [6, 6.07) is 17.6. The zero-order valence-electron chi connectivity index (χ0n) is 15.3. The zero-order valence-corrected chi connectivity index (χ0v) is 16.1. The first kappa shape index (κ1) is 16.4. The number of thioether (sulfide) groups is 1. The van der Waals surface area contributed by atoms with Crippen LogP contribution in [0.4, 0.5) is 11.4 Å². The SMILES string of the molecule is O=C1[C@@H]2[C@@H]3CSCCC3=C3c4ccccc4NC3[C@@H]2C(=O)N1c1ccccc1. The van der Waals surface area contributed by atoms with E-state index in [1.54, 1.807) is 0 Å². The number of rotatable bonds is 1. The highest BCUT2D eigenvalue weighted by Gasteiger charge is 2.60. The van der Waals surface area contributed by atoms with Gasteiger partial charge in [-0.05, 0) is 35.9 Å². The number of hydrogen-bond donors (Lipinski definition) is 1. The van der Waals surface area contributed by atoms with E-state index < -0.39 is 0 Å². The maximum absolute atomic E-state index is 13.6. The van der Waals surface area contributed by atoms with Crippen molar-refractivity contribution in [2.24, 2.45) is 17.8 Å². The number of amides is 2. The molecule has 4 aliphatic rings. The Labute approximate surface area is 168 Å². The summed E-state index contributed by atoms with van der Waals surface area (Å²) in [6.45, 7) is 0. The molecule has 0 aromatic heterocycles. The van der Waals surface area contributed by atoms with Gasteiger partial charge in [-0.3, -0.25) is 9.59 Å². The minimum atomic E-state index is -0.331. The zero-order chi connectivity index (χ0) is 18.8. The van der Waals surface area contributed by atoms with E-state index in [0.717, 1.165) is 23.6 Å². The van der Waals surface area contributed by atoms with Crippen LogP contribution in [-0.4, -0.2) is 29.4 Å². The Hall–Kier alpha value is -2.53. The topological polar surface area (TPSA) is 49.4 Å². The number of para-hydroxylation sites is 2. The first-order valence-electron chi connectivity index (χ1n) is 9.85. The number of benzene rings is 2. The molecule has 140 valence electrons. The summed E-state index contributed by atoms with van der Waals surface area (Å²) >= 11 is 1.91. The van der Waals surface area contributed by atoms with E-state index in [1.807, 2.05) is 48.2 Å². The second-order valence-corrected chi connectivity index (χ2v) is 9.09. The summed E-state index contributed by atoms with van der Waals surface area (Å²) in [5.74, 6) is 1.51. The van der Waals surface area contributed by atoms with E-state index in [-0.39, 0.29) is 35.6 Å². The molecule has 0 radical (unpaired) electrons. The summed E-state index contributed by atoms with van der Waals surface area (Å²) < 4.78 is 0. The van der Waals surface area contributed by atoms with Crippen LogP contribution >= 0.6 is 11.8 Å². The lowest BCUT2D eigenvalue weighted by Crippen LogP contribution is -2.44. The fourth-order valence-electron chi connectivity index (χ4n) is 5.54. The van der Waals surface area contributed by atoms with Gasteiger partial charge in [0.2, 0.25) is 11.8 Å². The molecule has 5 heteroatoms. The first-order chi connectivity index (χ1) is 13.8. The molecule has 3 heterocycles. The van der Waals surface area contributed by atoms with Gasteiger partial charge in [-0.1, -0.05) is 42.0 Å². The van der Waals surface area contributed by atoms with Crippen LogP contribution < -0.4 is 10.2 Å². The van der Waals surface area contributed by atoms with Crippen LogP contribution in [0.2, 0.25) is 0 Å². The molecule has 2 amide bonds. The Morgan fingerprint density at radius 1 is 0.929 bits per heavy atom. The molecule has 4 atom stereocenters. The second kappa shape index (κ2) is 5.98. The van der Waals surface area contributed by atoms with Gasteiger partial charge in [-0.15, -0.1) is 0 Å². The largest absolute Gasteiger partial charge is 0.377 e. The van der Waals surface area contributed by atoms with Crippen molar-refractivity contribution in [1.82, 2.24) is 0 Å². The molecule has 1 aliphatic carbocycles. The van der Waals surface area contributed by atoms with Gasteiger partial charge in [-0.25, -0.2) is 4.90 Å². The summed E-state index contributed by atoms with van der Waals surface area (Å²) in [4.78, 5) is 28.5. The van der Waals surface area contributed by atoms with Gasteiger partial charge in [-0.2, -0.15) is 11.8 Å². The number of imide groups is 1. The number of hydrogen-bond acceptors (Lipinski definition) is 4. The van der Waals surface area contributed by atoms with Crippen molar-refractivity contribution in [2.45, 2.75) is 12.5 Å². The maximum Gasteiger partial charge on any atom is 0.240 e. The number of carbonyl (C=O) groups is 2. The molecule has 2 fully saturated rings. The number of carbonyl (C=O) groups excluding carboxylic acids is 2. The van der Waals surface area contributed by atoms with Crippen LogP contribution in [0.1, 0.15) is 12.0 Å². The molecule has 0 spiro atoms. The minimum Gasteiger partial charge on any atom is -0.377 e. The van der Waals surface area contributed by atoms with Gasteiger partial charge in [0.05, 0.1) is 23.6 Å². The molecular formula is C23H20N2O2S. The Morgan fingerprint density at radius 3 is 2.54 bits per heavy atom. The third kappa shape index (κ3) is 2.08. The molecule has 2 saturated heterocycles. The van der Waals surface area contributed by atoms with Crippen LogP contribution in [0.25, 0.3) is 5.57 Å². The Kier molecular flexibility index (Phi) is 3.51. The second-order valence-electron chi connectivity index (χ2n) is 7.94.